The van der Waals surface area contributed by atoms with E-state index < -0.39 is 20.6 Å². The zero-order valence-electron chi connectivity index (χ0n) is 5.85. The summed E-state index contributed by atoms with van der Waals surface area (Å²) in [5.74, 6) is 0. The average Bonchev–Trinajstić information content (AvgIpc) is 1.25. The molecule has 0 fully saturated rings. The van der Waals surface area contributed by atoms with Crippen LogP contribution in [0, 0.1) is 0 Å². The Labute approximate surface area is 95.0 Å². The molecule has 0 atom stereocenters. The van der Waals surface area contributed by atoms with Gasteiger partial charge in [-0.3, -0.25) is 0 Å². The maximum atomic E-state index is 8.76. The Morgan fingerprint density at radius 3 is 1.30 bits per heavy atom. The molecule has 0 aromatic heterocycles. The molecule has 0 aromatic carbocycles. The largest absolute Gasteiger partial charge is 1.00 e. The van der Waals surface area contributed by atoms with Crippen LogP contribution in [0.2, 0.25) is 0 Å². The van der Waals surface area contributed by atoms with Crippen LogP contribution in [0.1, 0.15) is 1.43 Å². The van der Waals surface area contributed by atoms with Crippen molar-refractivity contribution < 1.29 is 75.0 Å². The van der Waals surface area contributed by atoms with Crippen LogP contribution in [0.25, 0.3) is 0 Å². The molecule has 4 N–H and O–H groups in total. The van der Waals surface area contributed by atoms with Gasteiger partial charge in [0, 0.05) is 16.8 Å². The van der Waals surface area contributed by atoms with E-state index in [2.05, 4.69) is 0 Å². The molecule has 0 aliphatic carbocycles. The third-order valence-electron chi connectivity index (χ3n) is 0. The number of carbonyl (C=O) groups is 1. The van der Waals surface area contributed by atoms with E-state index in [1.54, 1.807) is 0 Å². The predicted octanol–water partition coefficient (Wildman–Crippen LogP) is -4.28. The van der Waals surface area contributed by atoms with E-state index >= 15 is 0 Å². The first kappa shape index (κ1) is 22.5. The molecule has 61 valence electrons. The Bertz CT molecular complexity index is 80.6. The van der Waals surface area contributed by atoms with Gasteiger partial charge in [0.2, 0.25) is 0 Å². The van der Waals surface area contributed by atoms with Gasteiger partial charge in [-0.15, -0.1) is 0 Å². The summed E-state index contributed by atoms with van der Waals surface area (Å²) in [6.45, 7) is 0. The van der Waals surface area contributed by atoms with Crippen LogP contribution in [0.5, 0.6) is 0 Å². The molecule has 0 unspecified atom stereocenters. The molecule has 0 bridgehead atoms. The van der Waals surface area contributed by atoms with Gasteiger partial charge in [-0.2, -0.15) is 0 Å². The van der Waals surface area contributed by atoms with Crippen molar-refractivity contribution >= 4 is 20.6 Å². The Balaban J connectivity index is -0.0000000171. The van der Waals surface area contributed by atoms with Crippen LogP contribution in [-0.4, -0.2) is 39.2 Å². The minimum atomic E-state index is -3.29. The van der Waals surface area contributed by atoms with Crippen molar-refractivity contribution in [2.75, 3.05) is 0 Å². The monoisotopic (exact) mass is 275 g/mol. The molecule has 0 rings (SSSR count). The van der Waals surface area contributed by atoms with Crippen LogP contribution >= 0.6 is 0 Å². The summed E-state index contributed by atoms with van der Waals surface area (Å²) >= 11 is -3.29. The van der Waals surface area contributed by atoms with Gasteiger partial charge >= 0.3 is 62.4 Å². The van der Waals surface area contributed by atoms with Crippen LogP contribution in [-0.2, 0) is 20.6 Å². The topological polar surface area (TPSA) is 115 Å². The van der Waals surface area contributed by atoms with Crippen molar-refractivity contribution in [1.82, 2.24) is 0 Å². The third kappa shape index (κ3) is 561. The predicted molar refractivity (Wildman–Crippen MR) is 22.6 cm³/mol. The zero-order chi connectivity index (χ0) is 7.15. The molecule has 0 saturated heterocycles. The van der Waals surface area contributed by atoms with Gasteiger partial charge in [0.05, 0.1) is 0 Å². The molecule has 0 saturated carbocycles. The first-order valence-corrected chi connectivity index (χ1v) is 3.41. The van der Waals surface area contributed by atoms with Crippen molar-refractivity contribution in [2.45, 2.75) is 0 Å². The number of carboxylic acid groups (broad SMARTS) is 2. The second-order valence-electron chi connectivity index (χ2n) is 0.513. The molecular formula is CH5CoNaO6Se. The van der Waals surface area contributed by atoms with E-state index in [0.29, 0.717) is 0 Å². The minimum Gasteiger partial charge on any atom is -1.00 e. The van der Waals surface area contributed by atoms with Crippen molar-refractivity contribution in [3.8, 4) is 0 Å². The van der Waals surface area contributed by atoms with Crippen LogP contribution in [0.3, 0.4) is 0 Å². The fourth-order valence-corrected chi connectivity index (χ4v) is 0. The Morgan fingerprint density at radius 1 is 1.30 bits per heavy atom. The summed E-state index contributed by atoms with van der Waals surface area (Å²) in [6.07, 6.45) is -1.83. The summed E-state index contributed by atoms with van der Waals surface area (Å²) in [7, 11) is 0. The van der Waals surface area contributed by atoms with Gasteiger partial charge in [0.1, 0.15) is 0 Å². The molecule has 0 aliphatic heterocycles. The summed E-state index contributed by atoms with van der Waals surface area (Å²) in [4.78, 5) is 8.56. The van der Waals surface area contributed by atoms with E-state index in [0.717, 1.165) is 0 Å². The van der Waals surface area contributed by atoms with E-state index in [1.807, 2.05) is 0 Å². The van der Waals surface area contributed by atoms with Crippen molar-refractivity contribution in [1.29, 1.82) is 0 Å². The summed E-state index contributed by atoms with van der Waals surface area (Å²) in [5.41, 5.74) is 0. The van der Waals surface area contributed by atoms with E-state index in [9.17, 15) is 0 Å². The minimum absolute atomic E-state index is 0. The van der Waals surface area contributed by atoms with Crippen molar-refractivity contribution in [2.24, 2.45) is 0 Å². The fourth-order valence-electron chi connectivity index (χ4n) is 0. The van der Waals surface area contributed by atoms with E-state index in [-0.39, 0.29) is 47.8 Å². The smallest absolute Gasteiger partial charge is 1.00 e. The van der Waals surface area contributed by atoms with Gasteiger partial charge in [-0.1, -0.05) is 0 Å². The van der Waals surface area contributed by atoms with E-state index in [4.69, 9.17) is 27.2 Å². The number of hydrogen-bond acceptors (Lipinski definition) is 2. The zero-order valence-corrected chi connectivity index (χ0v) is 9.60. The second-order valence-corrected chi connectivity index (χ2v) is 1.48. The molecule has 0 aliphatic rings. The quantitative estimate of drug-likeness (QED) is 0.332. The molecule has 10 heavy (non-hydrogen) atoms. The maximum absolute atomic E-state index is 8.76. The van der Waals surface area contributed by atoms with Crippen molar-refractivity contribution in [3.05, 3.63) is 0 Å². The SMILES string of the molecule is O=C(O)O.O=[Se](O)O.[Co].[H-].[Na+]. The summed E-state index contributed by atoms with van der Waals surface area (Å²) < 4.78 is 23.1. The fraction of sp³-hybridized carbons (Fsp3) is 0. The standard InChI is InChI=1S/CH2O3.Co.Na.H2O3Se.H/c2-1(3)4;;;1-4(2)3;/h(H2,2,3,4);;;(H2,1,2,3);/q;;+1;;-1. The molecule has 1 radical (unpaired) electrons. The second kappa shape index (κ2) is 16.5. The summed E-state index contributed by atoms with van der Waals surface area (Å²) in [5, 5.41) is 13.9. The summed E-state index contributed by atoms with van der Waals surface area (Å²) in [6, 6.07) is 0. The molecule has 0 amide bonds. The van der Waals surface area contributed by atoms with Gasteiger partial charge in [-0.25, -0.2) is 4.79 Å². The van der Waals surface area contributed by atoms with Gasteiger partial charge in [0.25, 0.3) is 0 Å². The van der Waals surface area contributed by atoms with Gasteiger partial charge in [0.15, 0.2) is 0 Å². The normalized spacial score (nSPS) is 5.90. The average molecular weight is 274 g/mol. The molecule has 0 aromatic rings. The Morgan fingerprint density at radius 2 is 1.30 bits per heavy atom. The molecular weight excluding hydrogens is 269 g/mol. The molecule has 6 nitrogen and oxygen atoms in total. The number of rotatable bonds is 0. The van der Waals surface area contributed by atoms with E-state index in [1.165, 1.54) is 0 Å². The van der Waals surface area contributed by atoms with Crippen LogP contribution < -0.4 is 29.6 Å². The Hall–Kier alpha value is 1.02. The van der Waals surface area contributed by atoms with Gasteiger partial charge < -0.3 is 11.6 Å². The van der Waals surface area contributed by atoms with Crippen LogP contribution in [0.4, 0.5) is 4.79 Å². The molecule has 9 heteroatoms. The Kier molecular flexibility index (Phi) is 37.1. The van der Waals surface area contributed by atoms with Gasteiger partial charge in [-0.05, 0) is 0 Å². The first-order chi connectivity index (χ1) is 3.46. The van der Waals surface area contributed by atoms with Crippen LogP contribution in [0.15, 0.2) is 0 Å². The van der Waals surface area contributed by atoms with Crippen molar-refractivity contribution in [3.63, 3.8) is 0 Å². The maximum Gasteiger partial charge on any atom is 1.00 e. The molecule has 0 spiro atoms. The molecule has 0 heterocycles. The number of hydrogen-bond donors (Lipinski definition) is 4. The third-order valence-corrected chi connectivity index (χ3v) is 0. The first-order valence-electron chi connectivity index (χ1n) is 1.18.